The monoisotopic (exact) mass is 490 g/mol. The van der Waals surface area contributed by atoms with Gasteiger partial charge in [0, 0.05) is 10.4 Å². The Hall–Kier alpha value is -3.43. The van der Waals surface area contributed by atoms with E-state index in [1.165, 1.54) is 28.7 Å². The maximum atomic E-state index is 13.0. The number of ether oxygens (including phenoxy) is 1. The number of H-pyrrole nitrogens is 1. The molecular weight excluding hydrogens is 468 g/mol. The van der Waals surface area contributed by atoms with Crippen molar-refractivity contribution in [2.24, 2.45) is 0 Å². The SMILES string of the molecule is Cc1ccc(-c2c(C)sc3nc(CSc4nnc(COc5cccc(C)c5)o4)[nH]c(=O)c23)cc1. The Balaban J connectivity index is 1.29. The second kappa shape index (κ2) is 9.44. The van der Waals surface area contributed by atoms with Gasteiger partial charge in [0.25, 0.3) is 16.7 Å². The van der Waals surface area contributed by atoms with E-state index < -0.39 is 0 Å². The first-order chi connectivity index (χ1) is 16.5. The number of rotatable bonds is 7. The number of benzene rings is 2. The van der Waals surface area contributed by atoms with Gasteiger partial charge in [-0.1, -0.05) is 53.7 Å². The molecular formula is C25H22N4O3S2. The van der Waals surface area contributed by atoms with Gasteiger partial charge in [-0.3, -0.25) is 4.79 Å². The minimum Gasteiger partial charge on any atom is -0.484 e. The highest BCUT2D eigenvalue weighted by Crippen LogP contribution is 2.35. The molecule has 0 radical (unpaired) electrons. The normalized spacial score (nSPS) is 11.3. The van der Waals surface area contributed by atoms with Crippen molar-refractivity contribution < 1.29 is 9.15 Å². The van der Waals surface area contributed by atoms with Crippen molar-refractivity contribution in [2.75, 3.05) is 0 Å². The summed E-state index contributed by atoms with van der Waals surface area (Å²) >= 11 is 2.85. The minimum atomic E-state index is -0.140. The molecule has 0 aliphatic heterocycles. The number of fused-ring (bicyclic) bond motifs is 1. The molecule has 172 valence electrons. The molecule has 0 saturated heterocycles. The Morgan fingerprint density at radius 2 is 1.88 bits per heavy atom. The fourth-order valence-electron chi connectivity index (χ4n) is 3.63. The van der Waals surface area contributed by atoms with Crippen molar-refractivity contribution in [3.63, 3.8) is 0 Å². The highest BCUT2D eigenvalue weighted by atomic mass is 32.2. The van der Waals surface area contributed by atoms with Crippen LogP contribution in [0.1, 0.15) is 27.7 Å². The second-order valence-electron chi connectivity index (χ2n) is 7.95. The Bertz CT molecular complexity index is 1520. The molecule has 2 aromatic carbocycles. The third-order valence-electron chi connectivity index (χ3n) is 5.26. The highest BCUT2D eigenvalue weighted by Gasteiger charge is 2.17. The standard InChI is InChI=1S/C25H22N4O3S2/c1-14-7-9-17(10-8-14)21-16(3)34-24-22(21)23(30)26-19(27-24)13-33-25-29-28-20(32-25)12-31-18-6-4-5-15(2)11-18/h4-11H,12-13H2,1-3H3,(H,26,27,30). The summed E-state index contributed by atoms with van der Waals surface area (Å²) in [7, 11) is 0. The quantitative estimate of drug-likeness (QED) is 0.287. The van der Waals surface area contributed by atoms with Crippen molar-refractivity contribution in [1.82, 2.24) is 20.2 Å². The van der Waals surface area contributed by atoms with Crippen LogP contribution >= 0.6 is 23.1 Å². The highest BCUT2D eigenvalue weighted by molar-refractivity contribution is 7.98. The Kier molecular flexibility index (Phi) is 6.21. The smallest absolute Gasteiger partial charge is 0.277 e. The van der Waals surface area contributed by atoms with Gasteiger partial charge in [0.1, 0.15) is 16.4 Å². The number of thioether (sulfide) groups is 1. The summed E-state index contributed by atoms with van der Waals surface area (Å²) < 4.78 is 11.4. The van der Waals surface area contributed by atoms with Crippen molar-refractivity contribution >= 4 is 33.3 Å². The van der Waals surface area contributed by atoms with Gasteiger partial charge in [0.05, 0.1) is 11.1 Å². The van der Waals surface area contributed by atoms with E-state index in [2.05, 4.69) is 27.3 Å². The largest absolute Gasteiger partial charge is 0.484 e. The molecule has 0 aliphatic carbocycles. The Labute approximate surface area is 204 Å². The van der Waals surface area contributed by atoms with Gasteiger partial charge >= 0.3 is 0 Å². The zero-order valence-corrected chi connectivity index (χ0v) is 20.5. The number of thiophene rings is 1. The molecule has 0 aliphatic rings. The van der Waals surface area contributed by atoms with Crippen molar-refractivity contribution in [3.05, 3.63) is 86.6 Å². The maximum Gasteiger partial charge on any atom is 0.277 e. The van der Waals surface area contributed by atoms with E-state index in [-0.39, 0.29) is 12.2 Å². The molecule has 0 fully saturated rings. The van der Waals surface area contributed by atoms with Gasteiger partial charge < -0.3 is 14.1 Å². The molecule has 5 aromatic rings. The first-order valence-corrected chi connectivity index (χ1v) is 12.5. The van der Waals surface area contributed by atoms with Gasteiger partial charge in [-0.05, 0) is 44.0 Å². The Morgan fingerprint density at radius 3 is 2.68 bits per heavy atom. The number of hydrogen-bond acceptors (Lipinski definition) is 8. The number of nitrogens with one attached hydrogen (secondary N) is 1. The molecule has 34 heavy (non-hydrogen) atoms. The van der Waals surface area contributed by atoms with Crippen LogP contribution in [0.3, 0.4) is 0 Å². The molecule has 0 bridgehead atoms. The predicted octanol–water partition coefficient (Wildman–Crippen LogP) is 5.83. The fourth-order valence-corrected chi connectivity index (χ4v) is 5.35. The van der Waals surface area contributed by atoms with Crippen LogP contribution in [0, 0.1) is 20.8 Å². The van der Waals surface area contributed by atoms with E-state index in [0.29, 0.717) is 28.1 Å². The van der Waals surface area contributed by atoms with E-state index in [1.54, 1.807) is 0 Å². The van der Waals surface area contributed by atoms with Crippen LogP contribution in [0.5, 0.6) is 5.75 Å². The fraction of sp³-hybridized carbons (Fsp3) is 0.200. The van der Waals surface area contributed by atoms with Gasteiger partial charge in [-0.25, -0.2) is 4.98 Å². The van der Waals surface area contributed by atoms with Crippen LogP contribution < -0.4 is 10.3 Å². The molecule has 0 unspecified atom stereocenters. The number of aromatic nitrogens is 4. The summed E-state index contributed by atoms with van der Waals surface area (Å²) in [5.41, 5.74) is 4.12. The number of aryl methyl sites for hydroxylation is 3. The first-order valence-electron chi connectivity index (χ1n) is 10.7. The van der Waals surface area contributed by atoms with Crippen LogP contribution in [-0.4, -0.2) is 20.2 Å². The van der Waals surface area contributed by atoms with Crippen LogP contribution in [0.25, 0.3) is 21.3 Å². The lowest BCUT2D eigenvalue weighted by Gasteiger charge is -2.03. The molecule has 0 saturated carbocycles. The lowest BCUT2D eigenvalue weighted by molar-refractivity contribution is 0.252. The van der Waals surface area contributed by atoms with E-state index in [9.17, 15) is 4.79 Å². The Morgan fingerprint density at radius 1 is 1.06 bits per heavy atom. The van der Waals surface area contributed by atoms with Crippen LogP contribution in [-0.2, 0) is 12.4 Å². The summed E-state index contributed by atoms with van der Waals surface area (Å²) in [4.78, 5) is 22.4. The van der Waals surface area contributed by atoms with E-state index in [4.69, 9.17) is 14.1 Å². The second-order valence-corrected chi connectivity index (χ2v) is 10.1. The zero-order valence-electron chi connectivity index (χ0n) is 18.9. The van der Waals surface area contributed by atoms with Crippen molar-refractivity contribution in [1.29, 1.82) is 0 Å². The van der Waals surface area contributed by atoms with Gasteiger partial charge in [0.15, 0.2) is 6.61 Å². The lowest BCUT2D eigenvalue weighted by Crippen LogP contribution is -2.10. The van der Waals surface area contributed by atoms with E-state index in [0.717, 1.165) is 32.1 Å². The summed E-state index contributed by atoms with van der Waals surface area (Å²) in [6.45, 7) is 6.26. The van der Waals surface area contributed by atoms with Crippen molar-refractivity contribution in [3.8, 4) is 16.9 Å². The van der Waals surface area contributed by atoms with Crippen LogP contribution in [0.15, 0.2) is 63.0 Å². The summed E-state index contributed by atoms with van der Waals surface area (Å²) in [6.07, 6.45) is 0. The number of aromatic amines is 1. The average molecular weight is 491 g/mol. The number of nitrogens with zero attached hydrogens (tertiary/aromatic N) is 3. The van der Waals surface area contributed by atoms with Crippen molar-refractivity contribution in [2.45, 2.75) is 38.4 Å². The van der Waals surface area contributed by atoms with Crippen LogP contribution in [0.2, 0.25) is 0 Å². The van der Waals surface area contributed by atoms with Gasteiger partial charge in [-0.2, -0.15) is 0 Å². The molecule has 0 amide bonds. The maximum absolute atomic E-state index is 13.0. The molecule has 0 atom stereocenters. The predicted molar refractivity (Wildman–Crippen MR) is 135 cm³/mol. The first kappa shape index (κ1) is 22.4. The molecule has 5 rings (SSSR count). The zero-order chi connectivity index (χ0) is 23.7. The molecule has 3 aromatic heterocycles. The molecule has 3 heterocycles. The molecule has 1 N–H and O–H groups in total. The number of hydrogen-bond donors (Lipinski definition) is 1. The molecule has 0 spiro atoms. The summed E-state index contributed by atoms with van der Waals surface area (Å²) in [6, 6.07) is 16.0. The topological polar surface area (TPSA) is 93.9 Å². The third kappa shape index (κ3) is 4.76. The van der Waals surface area contributed by atoms with Gasteiger partial charge in [0.2, 0.25) is 0 Å². The van der Waals surface area contributed by atoms with E-state index >= 15 is 0 Å². The van der Waals surface area contributed by atoms with Gasteiger partial charge in [-0.15, -0.1) is 21.5 Å². The lowest BCUT2D eigenvalue weighted by atomic mass is 10.0. The summed E-state index contributed by atoms with van der Waals surface area (Å²) in [5.74, 6) is 2.11. The molecule has 9 heteroatoms. The minimum absolute atomic E-state index is 0.140. The average Bonchev–Trinajstić information content (AvgIpc) is 3.41. The van der Waals surface area contributed by atoms with E-state index in [1.807, 2.05) is 57.2 Å². The third-order valence-corrected chi connectivity index (χ3v) is 7.09. The summed E-state index contributed by atoms with van der Waals surface area (Å²) in [5, 5.41) is 9.12. The molecule has 7 nitrogen and oxygen atoms in total. The van der Waals surface area contributed by atoms with Crippen LogP contribution in [0.4, 0.5) is 0 Å².